The van der Waals surface area contributed by atoms with Crippen molar-refractivity contribution in [1.82, 2.24) is 14.5 Å². The van der Waals surface area contributed by atoms with Gasteiger partial charge in [0.1, 0.15) is 36.2 Å². The largest absolute Gasteiger partial charge is 0.493 e. The first-order valence-corrected chi connectivity index (χ1v) is 12.2. The van der Waals surface area contributed by atoms with E-state index >= 15 is 0 Å². The van der Waals surface area contributed by atoms with Gasteiger partial charge in [-0.3, -0.25) is 4.90 Å². The highest BCUT2D eigenvalue weighted by atomic mass is 19.1. The predicted molar refractivity (Wildman–Crippen MR) is 133 cm³/mol. The van der Waals surface area contributed by atoms with Crippen molar-refractivity contribution in [2.45, 2.75) is 32.0 Å². The molecule has 1 aromatic heterocycles. The maximum absolute atomic E-state index is 13.2. The molecule has 1 aliphatic rings. The zero-order valence-corrected chi connectivity index (χ0v) is 20.9. The number of imidazole rings is 1. The number of benzene rings is 2. The molecule has 0 bridgehead atoms. The van der Waals surface area contributed by atoms with Crippen molar-refractivity contribution in [1.29, 1.82) is 0 Å². The molecular formula is C27H34FN3O5. The summed E-state index contributed by atoms with van der Waals surface area (Å²) in [7, 11) is 1.63. The first-order valence-electron chi connectivity index (χ1n) is 12.2. The number of β-amino-alcohol motifs (C(OH)–C–C–N with tert-alkyl or cyclic N) is 1. The fourth-order valence-electron chi connectivity index (χ4n) is 4.27. The van der Waals surface area contributed by atoms with Gasteiger partial charge in [-0.1, -0.05) is 13.0 Å². The molecule has 1 aliphatic heterocycles. The molecule has 9 heteroatoms. The quantitative estimate of drug-likeness (QED) is 0.434. The van der Waals surface area contributed by atoms with Crippen molar-refractivity contribution in [3.05, 3.63) is 72.1 Å². The molecule has 36 heavy (non-hydrogen) atoms. The van der Waals surface area contributed by atoms with Crippen LogP contribution in [-0.4, -0.2) is 71.8 Å². The van der Waals surface area contributed by atoms with Crippen LogP contribution in [0.2, 0.25) is 0 Å². The van der Waals surface area contributed by atoms with Crippen molar-refractivity contribution >= 4 is 0 Å². The molecule has 2 aromatic carbocycles. The van der Waals surface area contributed by atoms with Crippen LogP contribution in [0.15, 0.2) is 54.9 Å². The molecule has 0 saturated carbocycles. The Labute approximate surface area is 211 Å². The second-order valence-corrected chi connectivity index (χ2v) is 8.95. The molecule has 1 atom stereocenters. The number of aliphatic hydroxyl groups is 1. The fourth-order valence-corrected chi connectivity index (χ4v) is 4.27. The van der Waals surface area contributed by atoms with Gasteiger partial charge >= 0.3 is 0 Å². The standard InChI is InChI=1S/C27H34FN3O5/c1-3-26-29-10-11-31(26)13-15-35-25-16-21(4-9-24(25)33-2)17-30-12-14-34-19-27(32,18-30)20-36-23-7-5-22(28)6-8-23/h4-11,16,32H,3,12-15,17-20H2,1-2H3/t27-/m0/s1. The van der Waals surface area contributed by atoms with E-state index in [4.69, 9.17) is 18.9 Å². The molecule has 8 nitrogen and oxygen atoms in total. The average Bonchev–Trinajstić information content (AvgIpc) is 3.25. The predicted octanol–water partition coefficient (Wildman–Crippen LogP) is 3.31. The van der Waals surface area contributed by atoms with Gasteiger partial charge < -0.3 is 28.6 Å². The van der Waals surface area contributed by atoms with Crippen LogP contribution in [0, 0.1) is 5.82 Å². The summed E-state index contributed by atoms with van der Waals surface area (Å²) in [6.45, 7) is 5.61. The molecule has 3 aromatic rings. The third kappa shape index (κ3) is 6.96. The van der Waals surface area contributed by atoms with Crippen LogP contribution in [0.25, 0.3) is 0 Å². The maximum Gasteiger partial charge on any atom is 0.161 e. The number of rotatable bonds is 11. The van der Waals surface area contributed by atoms with Gasteiger partial charge in [-0.2, -0.15) is 0 Å². The SMILES string of the molecule is CCc1nccn1CCOc1cc(CN2CCOC[C@](O)(COc3ccc(F)cc3)C2)ccc1OC. The second kappa shape index (κ2) is 12.2. The van der Waals surface area contributed by atoms with Gasteiger partial charge in [0.2, 0.25) is 0 Å². The maximum atomic E-state index is 13.2. The number of halogens is 1. The number of hydrogen-bond acceptors (Lipinski definition) is 7. The minimum absolute atomic E-state index is 0.0418. The summed E-state index contributed by atoms with van der Waals surface area (Å²) in [6, 6.07) is 11.6. The van der Waals surface area contributed by atoms with Gasteiger partial charge in [0.15, 0.2) is 11.5 Å². The lowest BCUT2D eigenvalue weighted by molar-refractivity contribution is -0.0646. The number of methoxy groups -OCH3 is 1. The molecule has 194 valence electrons. The Bertz CT molecular complexity index is 1110. The van der Waals surface area contributed by atoms with Crippen molar-refractivity contribution in [3.8, 4) is 17.2 Å². The highest BCUT2D eigenvalue weighted by Crippen LogP contribution is 2.29. The number of nitrogens with zero attached hydrogens (tertiary/aromatic N) is 3. The van der Waals surface area contributed by atoms with E-state index in [2.05, 4.69) is 21.4 Å². The number of hydrogen-bond donors (Lipinski definition) is 1. The normalized spacial score (nSPS) is 18.6. The highest BCUT2D eigenvalue weighted by Gasteiger charge is 2.33. The lowest BCUT2D eigenvalue weighted by atomic mass is 10.1. The zero-order chi connectivity index (χ0) is 25.4. The minimum Gasteiger partial charge on any atom is -0.493 e. The third-order valence-corrected chi connectivity index (χ3v) is 6.10. The van der Waals surface area contributed by atoms with Crippen LogP contribution in [0.4, 0.5) is 4.39 Å². The average molecular weight is 500 g/mol. The molecule has 0 aliphatic carbocycles. The first kappa shape index (κ1) is 25.9. The van der Waals surface area contributed by atoms with Crippen molar-refractivity contribution in [3.63, 3.8) is 0 Å². The molecule has 1 N–H and O–H groups in total. The number of ether oxygens (including phenoxy) is 4. The second-order valence-electron chi connectivity index (χ2n) is 8.95. The molecule has 1 fully saturated rings. The zero-order valence-electron chi connectivity index (χ0n) is 20.9. The Kier molecular flexibility index (Phi) is 8.79. The van der Waals surface area contributed by atoms with E-state index in [1.54, 1.807) is 25.4 Å². The Morgan fingerprint density at radius 1 is 1.14 bits per heavy atom. The summed E-state index contributed by atoms with van der Waals surface area (Å²) in [4.78, 5) is 6.48. The lowest BCUT2D eigenvalue weighted by Gasteiger charge is -2.30. The monoisotopic (exact) mass is 499 g/mol. The van der Waals surface area contributed by atoms with Crippen LogP contribution in [0.1, 0.15) is 18.3 Å². The van der Waals surface area contributed by atoms with Crippen LogP contribution >= 0.6 is 0 Å². The van der Waals surface area contributed by atoms with Gasteiger partial charge in [-0.05, 0) is 42.0 Å². The molecule has 0 radical (unpaired) electrons. The highest BCUT2D eigenvalue weighted by molar-refractivity contribution is 5.43. The summed E-state index contributed by atoms with van der Waals surface area (Å²) in [5.41, 5.74) is -0.162. The van der Waals surface area contributed by atoms with E-state index in [0.717, 1.165) is 17.8 Å². The third-order valence-electron chi connectivity index (χ3n) is 6.10. The molecule has 2 heterocycles. The summed E-state index contributed by atoms with van der Waals surface area (Å²) in [5, 5.41) is 11.2. The van der Waals surface area contributed by atoms with Crippen LogP contribution in [0.5, 0.6) is 17.2 Å². The fraction of sp³-hybridized carbons (Fsp3) is 0.444. The van der Waals surface area contributed by atoms with Crippen LogP contribution in [0.3, 0.4) is 0 Å². The topological polar surface area (TPSA) is 78.2 Å². The van der Waals surface area contributed by atoms with Gasteiger partial charge in [0.05, 0.1) is 26.9 Å². The number of aromatic nitrogens is 2. The van der Waals surface area contributed by atoms with Crippen LogP contribution < -0.4 is 14.2 Å². The Morgan fingerprint density at radius 2 is 1.97 bits per heavy atom. The van der Waals surface area contributed by atoms with Crippen molar-refractivity contribution in [2.75, 3.05) is 46.6 Å². The molecule has 0 amide bonds. The molecule has 1 saturated heterocycles. The Balaban J connectivity index is 1.37. The van der Waals surface area contributed by atoms with E-state index in [9.17, 15) is 9.50 Å². The van der Waals surface area contributed by atoms with Gasteiger partial charge in [-0.25, -0.2) is 9.37 Å². The summed E-state index contributed by atoms with van der Waals surface area (Å²) in [5.74, 6) is 2.54. The smallest absolute Gasteiger partial charge is 0.161 e. The van der Waals surface area contributed by atoms with E-state index in [1.807, 2.05) is 24.4 Å². The summed E-state index contributed by atoms with van der Waals surface area (Å²) in [6.07, 6.45) is 4.63. The van der Waals surface area contributed by atoms with E-state index < -0.39 is 5.60 Å². The van der Waals surface area contributed by atoms with E-state index in [-0.39, 0.29) is 19.0 Å². The molecular weight excluding hydrogens is 465 g/mol. The summed E-state index contributed by atoms with van der Waals surface area (Å²) >= 11 is 0. The van der Waals surface area contributed by atoms with Crippen molar-refractivity contribution < 1.29 is 28.4 Å². The number of aryl methyl sites for hydroxylation is 1. The van der Waals surface area contributed by atoms with E-state index in [0.29, 0.717) is 56.6 Å². The van der Waals surface area contributed by atoms with Crippen LogP contribution in [-0.2, 0) is 24.2 Å². The molecule has 4 rings (SSSR count). The summed E-state index contributed by atoms with van der Waals surface area (Å²) < 4.78 is 38.2. The van der Waals surface area contributed by atoms with Gasteiger partial charge in [0, 0.05) is 38.4 Å². The first-order chi connectivity index (χ1) is 17.5. The van der Waals surface area contributed by atoms with Crippen molar-refractivity contribution in [2.24, 2.45) is 0 Å². The Hall–Kier alpha value is -3.14. The molecule has 0 unspecified atom stereocenters. The molecule has 0 spiro atoms. The van der Waals surface area contributed by atoms with E-state index in [1.165, 1.54) is 12.1 Å². The Morgan fingerprint density at radius 3 is 2.75 bits per heavy atom. The van der Waals surface area contributed by atoms with Gasteiger partial charge in [0.25, 0.3) is 0 Å². The lowest BCUT2D eigenvalue weighted by Crippen LogP contribution is -2.48. The van der Waals surface area contributed by atoms with Gasteiger partial charge in [-0.15, -0.1) is 0 Å². The minimum atomic E-state index is -1.20.